The van der Waals surface area contributed by atoms with Gasteiger partial charge in [-0.3, -0.25) is 10.1 Å². The molecule has 1 aliphatic rings. The highest BCUT2D eigenvalue weighted by atomic mass is 16.6. The Bertz CT molecular complexity index is 492. The predicted octanol–water partition coefficient (Wildman–Crippen LogP) is 2.25. The average molecular weight is 295 g/mol. The van der Waals surface area contributed by atoms with Crippen LogP contribution in [0.1, 0.15) is 44.7 Å². The van der Waals surface area contributed by atoms with Crippen LogP contribution in [-0.2, 0) is 7.05 Å². The van der Waals surface area contributed by atoms with Crippen LogP contribution in [0.5, 0.6) is 0 Å². The van der Waals surface area contributed by atoms with Gasteiger partial charge in [-0.15, -0.1) is 0 Å². The van der Waals surface area contributed by atoms with Crippen molar-refractivity contribution in [1.82, 2.24) is 15.1 Å². The number of hydrogen-bond donors (Lipinski definition) is 2. The second kappa shape index (κ2) is 6.89. The number of aromatic nitrogens is 2. The van der Waals surface area contributed by atoms with Crippen molar-refractivity contribution < 1.29 is 4.92 Å². The summed E-state index contributed by atoms with van der Waals surface area (Å²) in [5.74, 6) is 1.21. The van der Waals surface area contributed by atoms with Crippen LogP contribution in [0.15, 0.2) is 0 Å². The summed E-state index contributed by atoms with van der Waals surface area (Å²) in [4.78, 5) is 11.0. The number of nitrogens with zero attached hydrogens (tertiary/aromatic N) is 3. The van der Waals surface area contributed by atoms with Gasteiger partial charge in [-0.2, -0.15) is 5.10 Å². The number of nitrogens with one attached hydrogen (secondary N) is 2. The molecule has 1 fully saturated rings. The summed E-state index contributed by atoms with van der Waals surface area (Å²) in [6.45, 7) is 6.74. The third-order valence-corrected chi connectivity index (χ3v) is 4.02. The third-order valence-electron chi connectivity index (χ3n) is 4.02. The number of piperidine rings is 1. The molecule has 0 bridgehead atoms. The topological polar surface area (TPSA) is 85.0 Å². The Labute approximate surface area is 125 Å². The molecule has 2 heterocycles. The zero-order chi connectivity index (χ0) is 15.4. The average Bonchev–Trinajstić information content (AvgIpc) is 2.78. The molecule has 118 valence electrons. The Balaban J connectivity index is 2.03. The molecular weight excluding hydrogens is 270 g/mol. The number of nitro groups is 1. The molecule has 0 spiro atoms. The zero-order valence-electron chi connectivity index (χ0n) is 13.1. The van der Waals surface area contributed by atoms with Crippen molar-refractivity contribution in [2.24, 2.45) is 13.0 Å². The standard InChI is InChI=1S/C14H25N5O2/c1-10(2)12-13(19(20)21)14(18(3)17-12)16-8-6-11-5-4-7-15-9-11/h10-11,15-16H,4-9H2,1-3H3. The number of aryl methyl sites for hydroxylation is 1. The predicted molar refractivity (Wildman–Crippen MR) is 82.7 cm³/mol. The van der Waals surface area contributed by atoms with E-state index in [1.807, 2.05) is 13.8 Å². The first-order valence-electron chi connectivity index (χ1n) is 7.66. The first-order chi connectivity index (χ1) is 10.0. The summed E-state index contributed by atoms with van der Waals surface area (Å²) in [6.07, 6.45) is 3.47. The van der Waals surface area contributed by atoms with Gasteiger partial charge in [-0.25, -0.2) is 4.68 Å². The monoisotopic (exact) mass is 295 g/mol. The second-order valence-corrected chi connectivity index (χ2v) is 6.05. The molecule has 7 heteroatoms. The molecule has 0 aromatic carbocycles. The lowest BCUT2D eigenvalue weighted by Gasteiger charge is -2.22. The largest absolute Gasteiger partial charge is 0.365 e. The summed E-state index contributed by atoms with van der Waals surface area (Å²) in [5.41, 5.74) is 0.665. The molecule has 1 atom stereocenters. The summed E-state index contributed by atoms with van der Waals surface area (Å²) >= 11 is 0. The van der Waals surface area contributed by atoms with Gasteiger partial charge in [-0.05, 0) is 38.3 Å². The molecule has 1 unspecified atom stereocenters. The van der Waals surface area contributed by atoms with Gasteiger partial charge in [0.05, 0.1) is 4.92 Å². The Morgan fingerprint density at radius 1 is 1.57 bits per heavy atom. The first kappa shape index (κ1) is 15.8. The van der Waals surface area contributed by atoms with Gasteiger partial charge in [0.15, 0.2) is 0 Å². The van der Waals surface area contributed by atoms with E-state index in [4.69, 9.17) is 0 Å². The van der Waals surface area contributed by atoms with Crippen molar-refractivity contribution in [1.29, 1.82) is 0 Å². The van der Waals surface area contributed by atoms with Crippen LogP contribution in [0.3, 0.4) is 0 Å². The van der Waals surface area contributed by atoms with E-state index < -0.39 is 0 Å². The molecule has 0 radical (unpaired) electrons. The quantitative estimate of drug-likeness (QED) is 0.621. The molecule has 0 saturated carbocycles. The van der Waals surface area contributed by atoms with Crippen molar-refractivity contribution in [3.63, 3.8) is 0 Å². The molecule has 0 amide bonds. The van der Waals surface area contributed by atoms with E-state index in [2.05, 4.69) is 15.7 Å². The second-order valence-electron chi connectivity index (χ2n) is 6.05. The maximum absolute atomic E-state index is 11.3. The summed E-state index contributed by atoms with van der Waals surface area (Å²) in [5, 5.41) is 22.2. The minimum atomic E-state index is -0.327. The lowest BCUT2D eigenvalue weighted by Crippen LogP contribution is -2.30. The molecule has 2 N–H and O–H groups in total. The normalized spacial score (nSPS) is 19.0. The number of rotatable bonds is 6. The van der Waals surface area contributed by atoms with Gasteiger partial charge in [0.1, 0.15) is 5.69 Å². The molecule has 2 rings (SSSR count). The van der Waals surface area contributed by atoms with Gasteiger partial charge in [-0.1, -0.05) is 13.8 Å². The Kier molecular flexibility index (Phi) is 5.17. The minimum Gasteiger partial charge on any atom is -0.365 e. The van der Waals surface area contributed by atoms with E-state index in [1.54, 1.807) is 11.7 Å². The first-order valence-corrected chi connectivity index (χ1v) is 7.66. The summed E-state index contributed by atoms with van der Waals surface area (Å²) in [6, 6.07) is 0. The van der Waals surface area contributed by atoms with Crippen LogP contribution >= 0.6 is 0 Å². The molecule has 1 aliphatic heterocycles. The van der Waals surface area contributed by atoms with E-state index in [0.29, 0.717) is 17.4 Å². The fraction of sp³-hybridized carbons (Fsp3) is 0.786. The molecule has 1 aromatic rings. The van der Waals surface area contributed by atoms with Crippen LogP contribution in [0, 0.1) is 16.0 Å². The van der Waals surface area contributed by atoms with Crippen LogP contribution in [0.2, 0.25) is 0 Å². The van der Waals surface area contributed by atoms with Crippen molar-refractivity contribution in [2.45, 2.75) is 39.0 Å². The zero-order valence-corrected chi connectivity index (χ0v) is 13.1. The van der Waals surface area contributed by atoms with Crippen molar-refractivity contribution in [3.05, 3.63) is 15.8 Å². The van der Waals surface area contributed by atoms with E-state index >= 15 is 0 Å². The summed E-state index contributed by atoms with van der Waals surface area (Å²) < 4.78 is 1.59. The fourth-order valence-corrected chi connectivity index (χ4v) is 2.87. The molecule has 1 saturated heterocycles. The van der Waals surface area contributed by atoms with Gasteiger partial charge >= 0.3 is 5.69 Å². The van der Waals surface area contributed by atoms with E-state index in [9.17, 15) is 10.1 Å². The molecule has 1 aromatic heterocycles. The molecular formula is C14H25N5O2. The highest BCUT2D eigenvalue weighted by Gasteiger charge is 2.28. The molecule has 0 aliphatic carbocycles. The smallest absolute Gasteiger partial charge is 0.334 e. The lowest BCUT2D eigenvalue weighted by atomic mass is 9.96. The van der Waals surface area contributed by atoms with Crippen LogP contribution in [0.25, 0.3) is 0 Å². The van der Waals surface area contributed by atoms with Crippen LogP contribution in [0.4, 0.5) is 11.5 Å². The SMILES string of the molecule is CC(C)c1nn(C)c(NCCC2CCCNC2)c1[N+](=O)[O-]. The fourth-order valence-electron chi connectivity index (χ4n) is 2.87. The summed E-state index contributed by atoms with van der Waals surface area (Å²) in [7, 11) is 1.75. The van der Waals surface area contributed by atoms with Crippen molar-refractivity contribution in [3.8, 4) is 0 Å². The lowest BCUT2D eigenvalue weighted by molar-refractivity contribution is -0.384. The van der Waals surface area contributed by atoms with Gasteiger partial charge in [0.25, 0.3) is 0 Å². The van der Waals surface area contributed by atoms with E-state index in [0.717, 1.165) is 26.1 Å². The van der Waals surface area contributed by atoms with Gasteiger partial charge < -0.3 is 10.6 Å². The van der Waals surface area contributed by atoms with Crippen molar-refractivity contribution in [2.75, 3.05) is 25.0 Å². The highest BCUT2D eigenvalue weighted by molar-refractivity contribution is 5.60. The van der Waals surface area contributed by atoms with E-state index in [1.165, 1.54) is 12.8 Å². The Morgan fingerprint density at radius 2 is 2.33 bits per heavy atom. The van der Waals surface area contributed by atoms with E-state index in [-0.39, 0.29) is 16.5 Å². The van der Waals surface area contributed by atoms with Gasteiger partial charge in [0, 0.05) is 19.5 Å². The minimum absolute atomic E-state index is 0.0368. The maximum atomic E-state index is 11.3. The number of anilines is 1. The Hall–Kier alpha value is -1.63. The Morgan fingerprint density at radius 3 is 2.90 bits per heavy atom. The maximum Gasteiger partial charge on any atom is 0.334 e. The third kappa shape index (κ3) is 3.72. The van der Waals surface area contributed by atoms with Crippen LogP contribution in [-0.4, -0.2) is 34.3 Å². The number of hydrogen-bond acceptors (Lipinski definition) is 5. The van der Waals surface area contributed by atoms with Gasteiger partial charge in [0.2, 0.25) is 5.82 Å². The van der Waals surface area contributed by atoms with Crippen molar-refractivity contribution >= 4 is 11.5 Å². The molecule has 7 nitrogen and oxygen atoms in total. The highest BCUT2D eigenvalue weighted by Crippen LogP contribution is 2.32. The molecule has 21 heavy (non-hydrogen) atoms. The van der Waals surface area contributed by atoms with Crippen LogP contribution < -0.4 is 10.6 Å².